The normalized spacial score (nSPS) is 17.4. The van der Waals surface area contributed by atoms with Crippen molar-refractivity contribution in [3.8, 4) is 11.5 Å². The van der Waals surface area contributed by atoms with Crippen LogP contribution >= 0.6 is 11.3 Å². The predicted octanol–water partition coefficient (Wildman–Crippen LogP) is 3.41. The first-order chi connectivity index (χ1) is 11.6. The number of benzene rings is 1. The first-order valence-corrected chi connectivity index (χ1v) is 9.08. The summed E-state index contributed by atoms with van der Waals surface area (Å²) in [7, 11) is 0. The lowest BCUT2D eigenvalue weighted by Crippen LogP contribution is -2.30. The molecule has 1 aliphatic heterocycles. The number of fused-ring (bicyclic) bond motifs is 1. The molecule has 4 rings (SSSR count). The van der Waals surface area contributed by atoms with Gasteiger partial charge in [-0.3, -0.25) is 4.79 Å². The molecule has 1 saturated carbocycles. The second-order valence-corrected chi connectivity index (χ2v) is 7.54. The van der Waals surface area contributed by atoms with E-state index in [2.05, 4.69) is 10.3 Å². The second-order valence-electron chi connectivity index (χ2n) is 6.34. The lowest BCUT2D eigenvalue weighted by atomic mass is 10.0. The van der Waals surface area contributed by atoms with E-state index < -0.39 is 0 Å². The maximum atomic E-state index is 12.7. The number of carbonyl (C=O) groups excluding carboxylic acids is 1. The molecule has 1 aliphatic carbocycles. The highest BCUT2D eigenvalue weighted by Gasteiger charge is 2.34. The predicted molar refractivity (Wildman–Crippen MR) is 92.0 cm³/mol. The van der Waals surface area contributed by atoms with Gasteiger partial charge in [-0.1, -0.05) is 6.07 Å². The fourth-order valence-corrected chi connectivity index (χ4v) is 3.93. The van der Waals surface area contributed by atoms with Crippen LogP contribution in [0.2, 0.25) is 0 Å². The molecule has 0 unspecified atom stereocenters. The number of nitrogens with zero attached hydrogens (tertiary/aromatic N) is 1. The van der Waals surface area contributed by atoms with Crippen LogP contribution < -0.4 is 14.8 Å². The first kappa shape index (κ1) is 15.4. The van der Waals surface area contributed by atoms with Crippen molar-refractivity contribution in [3.05, 3.63) is 39.3 Å². The van der Waals surface area contributed by atoms with E-state index in [1.165, 1.54) is 11.3 Å². The molecule has 1 fully saturated rings. The van der Waals surface area contributed by atoms with Gasteiger partial charge in [-0.2, -0.15) is 0 Å². The fraction of sp³-hybridized carbons (Fsp3) is 0.444. The number of amides is 1. The Balaban J connectivity index is 1.59. The van der Waals surface area contributed by atoms with Gasteiger partial charge in [0.25, 0.3) is 5.91 Å². The molecular weight excluding hydrogens is 324 g/mol. The molecule has 1 aromatic carbocycles. The molecule has 1 amide bonds. The number of hydrogen-bond donors (Lipinski definition) is 1. The standard InChI is InChI=1S/C18H20N2O3S/c1-10-17(24-11(2)19-10)18(21)20-16(12-3-4-12)13-5-6-14-15(9-13)23-8-7-22-14/h5-6,9,12,16H,3-4,7-8H2,1-2H3,(H,20,21)/t16-/m0/s1. The van der Waals surface area contributed by atoms with Gasteiger partial charge in [0.05, 0.1) is 16.7 Å². The van der Waals surface area contributed by atoms with Gasteiger partial charge in [0.1, 0.15) is 18.1 Å². The van der Waals surface area contributed by atoms with Crippen LogP contribution in [0.25, 0.3) is 0 Å². The summed E-state index contributed by atoms with van der Waals surface area (Å²) < 4.78 is 11.3. The first-order valence-electron chi connectivity index (χ1n) is 8.26. The van der Waals surface area contributed by atoms with Crippen LogP contribution in [-0.2, 0) is 0 Å². The molecule has 6 heteroatoms. The zero-order valence-electron chi connectivity index (χ0n) is 13.8. The van der Waals surface area contributed by atoms with Crippen molar-refractivity contribution in [1.82, 2.24) is 10.3 Å². The molecule has 2 heterocycles. The highest BCUT2D eigenvalue weighted by atomic mass is 32.1. The molecule has 0 saturated heterocycles. The average molecular weight is 344 g/mol. The molecule has 5 nitrogen and oxygen atoms in total. The van der Waals surface area contributed by atoms with Crippen molar-refractivity contribution in [2.24, 2.45) is 5.92 Å². The molecular formula is C18H20N2O3S. The summed E-state index contributed by atoms with van der Waals surface area (Å²) in [6.45, 7) is 4.96. The van der Waals surface area contributed by atoms with E-state index >= 15 is 0 Å². The van der Waals surface area contributed by atoms with Gasteiger partial charge in [0.2, 0.25) is 0 Å². The average Bonchev–Trinajstić information content (AvgIpc) is 3.36. The third-order valence-corrected chi connectivity index (χ3v) is 5.49. The Labute approximate surface area is 145 Å². The molecule has 0 radical (unpaired) electrons. The monoisotopic (exact) mass is 344 g/mol. The summed E-state index contributed by atoms with van der Waals surface area (Å²) in [5.74, 6) is 2.00. The Morgan fingerprint density at radius 1 is 1.25 bits per heavy atom. The zero-order valence-corrected chi connectivity index (χ0v) is 14.6. The number of nitrogens with one attached hydrogen (secondary N) is 1. The lowest BCUT2D eigenvalue weighted by molar-refractivity contribution is 0.0934. The zero-order chi connectivity index (χ0) is 16.7. The Kier molecular flexibility index (Phi) is 3.92. The minimum absolute atomic E-state index is 0.00938. The van der Waals surface area contributed by atoms with E-state index in [4.69, 9.17) is 9.47 Å². The van der Waals surface area contributed by atoms with Gasteiger partial charge in [-0.15, -0.1) is 11.3 Å². The maximum Gasteiger partial charge on any atom is 0.263 e. The highest BCUT2D eigenvalue weighted by molar-refractivity contribution is 7.13. The molecule has 2 aliphatic rings. The van der Waals surface area contributed by atoms with Gasteiger partial charge in [-0.05, 0) is 50.3 Å². The summed E-state index contributed by atoms with van der Waals surface area (Å²) in [5.41, 5.74) is 1.88. The third kappa shape index (κ3) is 2.98. The molecule has 1 N–H and O–H groups in total. The summed E-state index contributed by atoms with van der Waals surface area (Å²) in [6.07, 6.45) is 2.28. The molecule has 24 heavy (non-hydrogen) atoms. The molecule has 126 valence electrons. The van der Waals surface area contributed by atoms with Crippen molar-refractivity contribution in [1.29, 1.82) is 0 Å². The minimum atomic E-state index is -0.0371. The Morgan fingerprint density at radius 3 is 2.67 bits per heavy atom. The Hall–Kier alpha value is -2.08. The number of thiazole rings is 1. The van der Waals surface area contributed by atoms with E-state index in [0.29, 0.717) is 24.0 Å². The number of hydrogen-bond acceptors (Lipinski definition) is 5. The number of aryl methyl sites for hydroxylation is 2. The smallest absolute Gasteiger partial charge is 0.263 e. The van der Waals surface area contributed by atoms with E-state index in [9.17, 15) is 4.79 Å². The largest absolute Gasteiger partial charge is 0.486 e. The third-order valence-electron chi connectivity index (χ3n) is 4.42. The lowest BCUT2D eigenvalue weighted by Gasteiger charge is -2.23. The summed E-state index contributed by atoms with van der Waals surface area (Å²) in [5, 5.41) is 4.12. The Morgan fingerprint density at radius 2 is 2.00 bits per heavy atom. The molecule has 0 spiro atoms. The van der Waals surface area contributed by atoms with Crippen LogP contribution in [0, 0.1) is 19.8 Å². The number of carbonyl (C=O) groups is 1. The minimum Gasteiger partial charge on any atom is -0.486 e. The molecule has 1 aromatic heterocycles. The molecule has 2 aromatic rings. The SMILES string of the molecule is Cc1nc(C)c(C(=O)N[C@H](c2ccc3c(c2)OCCO3)C2CC2)s1. The summed E-state index contributed by atoms with van der Waals surface area (Å²) in [6, 6.07) is 5.98. The van der Waals surface area contributed by atoms with Crippen LogP contribution in [0.15, 0.2) is 18.2 Å². The van der Waals surface area contributed by atoms with Crippen molar-refractivity contribution < 1.29 is 14.3 Å². The van der Waals surface area contributed by atoms with Gasteiger partial charge in [0.15, 0.2) is 11.5 Å². The Bertz CT molecular complexity index is 783. The van der Waals surface area contributed by atoms with Crippen LogP contribution in [0.1, 0.15) is 44.8 Å². The fourth-order valence-electron chi connectivity index (χ4n) is 3.11. The summed E-state index contributed by atoms with van der Waals surface area (Å²) in [4.78, 5) is 17.7. The topological polar surface area (TPSA) is 60.5 Å². The van der Waals surface area contributed by atoms with Gasteiger partial charge >= 0.3 is 0 Å². The number of rotatable bonds is 4. The molecule has 1 atom stereocenters. The summed E-state index contributed by atoms with van der Waals surface area (Å²) >= 11 is 1.45. The van der Waals surface area contributed by atoms with Gasteiger partial charge in [0, 0.05) is 0 Å². The van der Waals surface area contributed by atoms with Crippen molar-refractivity contribution in [2.45, 2.75) is 32.7 Å². The van der Waals surface area contributed by atoms with Crippen molar-refractivity contribution in [2.75, 3.05) is 13.2 Å². The van der Waals surface area contributed by atoms with E-state index in [1.54, 1.807) is 0 Å². The van der Waals surface area contributed by atoms with Gasteiger partial charge in [-0.25, -0.2) is 4.98 Å². The molecule has 0 bridgehead atoms. The number of ether oxygens (including phenoxy) is 2. The number of aromatic nitrogens is 1. The van der Waals surface area contributed by atoms with Crippen molar-refractivity contribution >= 4 is 17.2 Å². The van der Waals surface area contributed by atoms with Crippen molar-refractivity contribution in [3.63, 3.8) is 0 Å². The van der Waals surface area contributed by atoms with Crippen LogP contribution in [0.3, 0.4) is 0 Å². The second kappa shape index (κ2) is 6.09. The van der Waals surface area contributed by atoms with E-state index in [1.807, 2.05) is 32.0 Å². The van der Waals surface area contributed by atoms with Crippen LogP contribution in [-0.4, -0.2) is 24.1 Å². The van der Waals surface area contributed by atoms with Gasteiger partial charge < -0.3 is 14.8 Å². The van der Waals surface area contributed by atoms with E-state index in [0.717, 1.165) is 40.6 Å². The van der Waals surface area contributed by atoms with Crippen LogP contribution in [0.4, 0.5) is 0 Å². The van der Waals surface area contributed by atoms with E-state index in [-0.39, 0.29) is 11.9 Å². The van der Waals surface area contributed by atoms with Crippen LogP contribution in [0.5, 0.6) is 11.5 Å². The maximum absolute atomic E-state index is 12.7. The highest BCUT2D eigenvalue weighted by Crippen LogP contribution is 2.43. The quantitative estimate of drug-likeness (QED) is 0.923.